The fourth-order valence-corrected chi connectivity index (χ4v) is 2.16. The average molecular weight is 253 g/mol. The molecule has 0 saturated heterocycles. The highest BCUT2D eigenvalue weighted by molar-refractivity contribution is 5.15. The van der Waals surface area contributed by atoms with Crippen molar-refractivity contribution in [1.29, 1.82) is 0 Å². The van der Waals surface area contributed by atoms with Gasteiger partial charge >= 0.3 is 0 Å². The number of rotatable bonds is 6. The van der Waals surface area contributed by atoms with E-state index in [-0.39, 0.29) is 11.0 Å². The molecule has 1 atom stereocenters. The van der Waals surface area contributed by atoms with Gasteiger partial charge in [0.2, 0.25) is 0 Å². The van der Waals surface area contributed by atoms with E-state index >= 15 is 0 Å². The second-order valence-electron chi connectivity index (χ2n) is 7.57. The third kappa shape index (κ3) is 5.56. The predicted molar refractivity (Wildman–Crippen MR) is 84.0 cm³/mol. The molecule has 0 aromatic carbocycles. The molecule has 0 amide bonds. The van der Waals surface area contributed by atoms with Gasteiger partial charge in [0.25, 0.3) is 0 Å². The Morgan fingerprint density at radius 1 is 1.06 bits per heavy atom. The van der Waals surface area contributed by atoms with Gasteiger partial charge in [0, 0.05) is 11.6 Å². The van der Waals surface area contributed by atoms with E-state index in [1.807, 2.05) is 0 Å². The van der Waals surface area contributed by atoms with Crippen molar-refractivity contribution in [3.63, 3.8) is 0 Å². The van der Waals surface area contributed by atoms with Crippen molar-refractivity contribution in [2.24, 2.45) is 5.41 Å². The lowest BCUT2D eigenvalue weighted by Crippen LogP contribution is -2.47. The largest absolute Gasteiger partial charge is 0.295 e. The SMILES string of the molecule is C=C(C(CCCCC)N(C)C(C)(C)C)C(C)(C)C. The van der Waals surface area contributed by atoms with Gasteiger partial charge in [0.05, 0.1) is 0 Å². The summed E-state index contributed by atoms with van der Waals surface area (Å²) in [7, 11) is 2.24. The quantitative estimate of drug-likeness (QED) is 0.460. The summed E-state index contributed by atoms with van der Waals surface area (Å²) in [6.45, 7) is 20.4. The molecule has 0 N–H and O–H groups in total. The van der Waals surface area contributed by atoms with E-state index in [9.17, 15) is 0 Å². The van der Waals surface area contributed by atoms with Crippen LogP contribution in [0.3, 0.4) is 0 Å². The Morgan fingerprint density at radius 2 is 1.56 bits per heavy atom. The van der Waals surface area contributed by atoms with Gasteiger partial charge in [-0.25, -0.2) is 0 Å². The van der Waals surface area contributed by atoms with Crippen molar-refractivity contribution in [2.45, 2.75) is 85.7 Å². The Bertz CT molecular complexity index is 252. The lowest BCUT2D eigenvalue weighted by Gasteiger charge is -2.43. The fraction of sp³-hybridized carbons (Fsp3) is 0.882. The van der Waals surface area contributed by atoms with Crippen LogP contribution >= 0.6 is 0 Å². The van der Waals surface area contributed by atoms with Crippen molar-refractivity contribution in [2.75, 3.05) is 7.05 Å². The molecular formula is C17H35N. The third-order valence-corrected chi connectivity index (χ3v) is 3.97. The highest BCUT2D eigenvalue weighted by atomic mass is 15.2. The number of nitrogens with zero attached hydrogens (tertiary/aromatic N) is 1. The molecule has 0 aliphatic rings. The van der Waals surface area contributed by atoms with E-state index in [1.54, 1.807) is 0 Å². The monoisotopic (exact) mass is 253 g/mol. The van der Waals surface area contributed by atoms with Crippen LogP contribution in [0.15, 0.2) is 12.2 Å². The van der Waals surface area contributed by atoms with E-state index < -0.39 is 0 Å². The molecule has 0 aliphatic carbocycles. The first-order valence-corrected chi connectivity index (χ1v) is 7.44. The Kier molecular flexibility index (Phi) is 6.63. The van der Waals surface area contributed by atoms with Crippen LogP contribution < -0.4 is 0 Å². The van der Waals surface area contributed by atoms with E-state index in [4.69, 9.17) is 0 Å². The van der Waals surface area contributed by atoms with Crippen LogP contribution in [-0.2, 0) is 0 Å². The first-order chi connectivity index (χ1) is 8.01. The van der Waals surface area contributed by atoms with Crippen molar-refractivity contribution >= 4 is 0 Å². The summed E-state index contributed by atoms with van der Waals surface area (Å²) >= 11 is 0. The average Bonchev–Trinajstić information content (AvgIpc) is 2.20. The molecule has 0 aliphatic heterocycles. The maximum atomic E-state index is 4.40. The number of likely N-dealkylation sites (N-methyl/N-ethyl adjacent to an activating group) is 1. The third-order valence-electron chi connectivity index (χ3n) is 3.97. The van der Waals surface area contributed by atoms with Crippen LogP contribution in [0.1, 0.15) is 74.1 Å². The zero-order chi connectivity index (χ0) is 14.6. The first-order valence-electron chi connectivity index (χ1n) is 7.44. The molecule has 108 valence electrons. The molecule has 18 heavy (non-hydrogen) atoms. The van der Waals surface area contributed by atoms with Crippen LogP contribution in [0.5, 0.6) is 0 Å². The molecule has 0 fully saturated rings. The Morgan fingerprint density at radius 3 is 1.89 bits per heavy atom. The van der Waals surface area contributed by atoms with Gasteiger partial charge < -0.3 is 0 Å². The van der Waals surface area contributed by atoms with Crippen molar-refractivity contribution in [3.8, 4) is 0 Å². The minimum atomic E-state index is 0.191. The molecule has 0 rings (SSSR count). The van der Waals surface area contributed by atoms with Gasteiger partial charge in [0.15, 0.2) is 0 Å². The summed E-state index contributed by atoms with van der Waals surface area (Å²) in [6.07, 6.45) is 5.15. The standard InChI is InChI=1S/C17H35N/c1-10-11-12-13-15(14(2)16(3,4)5)18(9)17(6,7)8/h15H,2,10-13H2,1,3-9H3. The fourth-order valence-electron chi connectivity index (χ4n) is 2.16. The van der Waals surface area contributed by atoms with Gasteiger partial charge in [0.1, 0.15) is 0 Å². The van der Waals surface area contributed by atoms with E-state index in [0.717, 1.165) is 0 Å². The van der Waals surface area contributed by atoms with E-state index in [1.165, 1.54) is 31.3 Å². The Hall–Kier alpha value is -0.300. The van der Waals surface area contributed by atoms with Gasteiger partial charge in [-0.3, -0.25) is 4.90 Å². The van der Waals surface area contributed by atoms with Crippen LogP contribution in [0.25, 0.3) is 0 Å². The van der Waals surface area contributed by atoms with Gasteiger partial charge in [-0.05, 0) is 39.7 Å². The first kappa shape index (κ1) is 17.7. The van der Waals surface area contributed by atoms with Crippen molar-refractivity contribution < 1.29 is 0 Å². The molecule has 0 radical (unpaired) electrons. The highest BCUT2D eigenvalue weighted by Crippen LogP contribution is 2.33. The van der Waals surface area contributed by atoms with Crippen LogP contribution in [0.4, 0.5) is 0 Å². The number of hydrogen-bond acceptors (Lipinski definition) is 1. The molecule has 0 heterocycles. The molecule has 1 nitrogen and oxygen atoms in total. The summed E-state index contributed by atoms with van der Waals surface area (Å²) in [6, 6.07) is 0.497. The molecule has 1 unspecified atom stereocenters. The maximum Gasteiger partial charge on any atom is 0.0312 e. The van der Waals surface area contributed by atoms with Gasteiger partial charge in [-0.2, -0.15) is 0 Å². The number of hydrogen-bond donors (Lipinski definition) is 0. The van der Waals surface area contributed by atoms with Crippen molar-refractivity contribution in [1.82, 2.24) is 4.90 Å². The summed E-state index contributed by atoms with van der Waals surface area (Å²) in [5.74, 6) is 0. The second kappa shape index (κ2) is 6.75. The molecule has 0 saturated carbocycles. The maximum absolute atomic E-state index is 4.40. The molecule has 0 aromatic heterocycles. The van der Waals surface area contributed by atoms with Gasteiger partial charge in [-0.15, -0.1) is 0 Å². The zero-order valence-electron chi connectivity index (χ0n) is 14.1. The smallest absolute Gasteiger partial charge is 0.0312 e. The molecule has 0 aromatic rings. The number of unbranched alkanes of at least 4 members (excludes halogenated alkanes) is 2. The van der Waals surface area contributed by atoms with Gasteiger partial charge in [-0.1, -0.05) is 59.1 Å². The highest BCUT2D eigenvalue weighted by Gasteiger charge is 2.31. The lowest BCUT2D eigenvalue weighted by atomic mass is 9.80. The van der Waals surface area contributed by atoms with E-state index in [2.05, 4.69) is 67.0 Å². The topological polar surface area (TPSA) is 3.24 Å². The lowest BCUT2D eigenvalue weighted by molar-refractivity contribution is 0.117. The molecule has 1 heteroatoms. The van der Waals surface area contributed by atoms with Crippen molar-refractivity contribution in [3.05, 3.63) is 12.2 Å². The molecular weight excluding hydrogens is 218 g/mol. The zero-order valence-corrected chi connectivity index (χ0v) is 14.1. The van der Waals surface area contributed by atoms with E-state index in [0.29, 0.717) is 6.04 Å². The summed E-state index contributed by atoms with van der Waals surface area (Å²) in [4.78, 5) is 2.50. The molecule has 0 bridgehead atoms. The Labute approximate surface area is 116 Å². The summed E-state index contributed by atoms with van der Waals surface area (Å²) in [5, 5.41) is 0. The summed E-state index contributed by atoms with van der Waals surface area (Å²) in [5.41, 5.74) is 1.76. The Balaban J connectivity index is 4.89. The van der Waals surface area contributed by atoms with Crippen LogP contribution in [0, 0.1) is 5.41 Å². The van der Waals surface area contributed by atoms with Crippen LogP contribution in [0.2, 0.25) is 0 Å². The van der Waals surface area contributed by atoms with Crippen LogP contribution in [-0.4, -0.2) is 23.5 Å². The minimum Gasteiger partial charge on any atom is -0.295 e. The minimum absolute atomic E-state index is 0.191. The molecule has 0 spiro atoms. The predicted octanol–water partition coefficient (Wildman–Crippen LogP) is 5.27. The normalized spacial score (nSPS) is 14.9. The summed E-state index contributed by atoms with van der Waals surface area (Å²) < 4.78 is 0. The second-order valence-corrected chi connectivity index (χ2v) is 7.57.